The number of carbonyl (C=O) groups excluding carboxylic acids is 1. The second-order valence-electron chi connectivity index (χ2n) is 6.52. The van der Waals surface area contributed by atoms with Gasteiger partial charge in [-0.05, 0) is 50.2 Å². The van der Waals surface area contributed by atoms with E-state index in [-0.39, 0.29) is 22.6 Å². The van der Waals surface area contributed by atoms with Gasteiger partial charge in [0, 0.05) is 41.8 Å². The Morgan fingerprint density at radius 2 is 1.93 bits per heavy atom. The first-order valence-electron chi connectivity index (χ1n) is 9.27. The third-order valence-electron chi connectivity index (χ3n) is 4.65. The first kappa shape index (κ1) is 18.5. The number of aryl methyl sites for hydroxylation is 1. The monoisotopic (exact) mass is 385 g/mol. The maximum absolute atomic E-state index is 13.1. The summed E-state index contributed by atoms with van der Waals surface area (Å²) in [5, 5.41) is 8.49. The smallest absolute Gasteiger partial charge is 0.291 e. The standard InChI is InChI=1S/C22H19N5O2/c1-3-27-22(29)21(25-18-10-4-9-17-16(18)8-6-12-24-17)19(14(2)28)20(26-27)15-7-5-11-23-13-15/h4-13,25H,3H2,1-2H3. The van der Waals surface area contributed by atoms with Gasteiger partial charge < -0.3 is 5.32 Å². The molecule has 0 bridgehead atoms. The minimum Gasteiger partial charge on any atom is -0.350 e. The van der Waals surface area contributed by atoms with E-state index in [1.807, 2.05) is 43.3 Å². The summed E-state index contributed by atoms with van der Waals surface area (Å²) in [6.07, 6.45) is 4.99. The van der Waals surface area contributed by atoms with Gasteiger partial charge in [0.05, 0.1) is 11.1 Å². The minimum atomic E-state index is -0.355. The van der Waals surface area contributed by atoms with Gasteiger partial charge in [-0.15, -0.1) is 0 Å². The van der Waals surface area contributed by atoms with Crippen molar-refractivity contribution in [3.05, 3.63) is 77.0 Å². The molecule has 0 saturated carbocycles. The maximum Gasteiger partial charge on any atom is 0.291 e. The number of anilines is 2. The SMILES string of the molecule is CCn1nc(-c2cccnc2)c(C(C)=O)c(Nc2cccc3ncccc23)c1=O. The number of Topliss-reactive ketones (excluding diaryl/α,β-unsaturated/α-hetero) is 1. The molecule has 7 heteroatoms. The summed E-state index contributed by atoms with van der Waals surface area (Å²) >= 11 is 0. The molecule has 29 heavy (non-hydrogen) atoms. The number of aromatic nitrogens is 4. The van der Waals surface area contributed by atoms with Crippen LogP contribution in [0, 0.1) is 0 Å². The molecule has 0 spiro atoms. The van der Waals surface area contributed by atoms with Crippen LogP contribution in [0.1, 0.15) is 24.2 Å². The normalized spacial score (nSPS) is 10.8. The molecule has 4 aromatic rings. The first-order valence-corrected chi connectivity index (χ1v) is 9.27. The molecule has 0 aliphatic heterocycles. The molecule has 1 N–H and O–H groups in total. The zero-order valence-electron chi connectivity index (χ0n) is 16.1. The number of ketones is 1. The van der Waals surface area contributed by atoms with E-state index in [9.17, 15) is 9.59 Å². The second kappa shape index (κ2) is 7.63. The highest BCUT2D eigenvalue weighted by molar-refractivity contribution is 6.06. The zero-order valence-corrected chi connectivity index (χ0v) is 16.1. The van der Waals surface area contributed by atoms with E-state index in [1.54, 1.807) is 24.7 Å². The number of nitrogens with zero attached hydrogens (tertiary/aromatic N) is 4. The Labute approximate surface area is 167 Å². The zero-order chi connectivity index (χ0) is 20.4. The van der Waals surface area contributed by atoms with Gasteiger partial charge in [0.25, 0.3) is 5.56 Å². The van der Waals surface area contributed by atoms with Gasteiger partial charge >= 0.3 is 0 Å². The Balaban J connectivity index is 1.99. The second-order valence-corrected chi connectivity index (χ2v) is 6.52. The Hall–Kier alpha value is -3.87. The van der Waals surface area contributed by atoms with Crippen LogP contribution >= 0.6 is 0 Å². The average molecular weight is 385 g/mol. The summed E-state index contributed by atoms with van der Waals surface area (Å²) in [4.78, 5) is 34.2. The lowest BCUT2D eigenvalue weighted by Crippen LogP contribution is -2.28. The van der Waals surface area contributed by atoms with E-state index in [2.05, 4.69) is 20.4 Å². The molecule has 0 aliphatic carbocycles. The number of benzene rings is 1. The fraction of sp³-hybridized carbons (Fsp3) is 0.136. The Morgan fingerprint density at radius 1 is 1.10 bits per heavy atom. The first-order chi connectivity index (χ1) is 14.1. The van der Waals surface area contributed by atoms with Crippen molar-refractivity contribution in [2.75, 3.05) is 5.32 Å². The number of fused-ring (bicyclic) bond motifs is 1. The molecule has 1 aromatic carbocycles. The molecule has 3 heterocycles. The number of rotatable bonds is 5. The van der Waals surface area contributed by atoms with Crippen LogP contribution in [0.5, 0.6) is 0 Å². The molecule has 0 atom stereocenters. The third kappa shape index (κ3) is 3.38. The van der Waals surface area contributed by atoms with Gasteiger partial charge in [0.2, 0.25) is 0 Å². The van der Waals surface area contributed by atoms with Crippen LogP contribution in [0.25, 0.3) is 22.2 Å². The van der Waals surface area contributed by atoms with Crippen LogP contribution in [0.3, 0.4) is 0 Å². The maximum atomic E-state index is 13.1. The predicted molar refractivity (Wildman–Crippen MR) is 112 cm³/mol. The Kier molecular flexibility index (Phi) is 4.87. The van der Waals surface area contributed by atoms with Crippen molar-refractivity contribution in [2.24, 2.45) is 0 Å². The molecule has 7 nitrogen and oxygen atoms in total. The van der Waals surface area contributed by atoms with Gasteiger partial charge in [-0.2, -0.15) is 5.10 Å². The Morgan fingerprint density at radius 3 is 2.66 bits per heavy atom. The van der Waals surface area contributed by atoms with E-state index in [1.165, 1.54) is 11.6 Å². The lowest BCUT2D eigenvalue weighted by atomic mass is 10.0. The number of hydrogen-bond donors (Lipinski definition) is 1. The highest BCUT2D eigenvalue weighted by atomic mass is 16.1. The van der Waals surface area contributed by atoms with E-state index in [4.69, 9.17) is 0 Å². The molecule has 3 aromatic heterocycles. The summed E-state index contributed by atoms with van der Waals surface area (Å²) in [6, 6.07) is 12.9. The lowest BCUT2D eigenvalue weighted by Gasteiger charge is -2.16. The lowest BCUT2D eigenvalue weighted by molar-refractivity contribution is 0.101. The van der Waals surface area contributed by atoms with Gasteiger partial charge in [-0.25, -0.2) is 4.68 Å². The number of pyridine rings is 2. The number of carbonyl (C=O) groups is 1. The fourth-order valence-corrected chi connectivity index (χ4v) is 3.30. The van der Waals surface area contributed by atoms with Gasteiger partial charge in [0.15, 0.2) is 5.78 Å². The minimum absolute atomic E-state index is 0.199. The molecular weight excluding hydrogens is 366 g/mol. The highest BCUT2D eigenvalue weighted by Gasteiger charge is 2.22. The number of nitrogens with one attached hydrogen (secondary N) is 1. The molecule has 0 unspecified atom stereocenters. The molecule has 0 aliphatic rings. The number of hydrogen-bond acceptors (Lipinski definition) is 6. The Bertz CT molecular complexity index is 1260. The third-order valence-corrected chi connectivity index (χ3v) is 4.65. The molecule has 0 amide bonds. The van der Waals surface area contributed by atoms with E-state index >= 15 is 0 Å². The summed E-state index contributed by atoms with van der Waals surface area (Å²) in [5.41, 5.74) is 2.67. The molecule has 0 radical (unpaired) electrons. The molecule has 144 valence electrons. The van der Waals surface area contributed by atoms with Crippen molar-refractivity contribution in [3.8, 4) is 11.3 Å². The van der Waals surface area contributed by atoms with Crippen molar-refractivity contribution in [1.82, 2.24) is 19.7 Å². The largest absolute Gasteiger partial charge is 0.350 e. The van der Waals surface area contributed by atoms with Crippen molar-refractivity contribution >= 4 is 28.1 Å². The van der Waals surface area contributed by atoms with Crippen molar-refractivity contribution in [1.29, 1.82) is 0 Å². The quantitative estimate of drug-likeness (QED) is 0.525. The average Bonchev–Trinajstić information content (AvgIpc) is 2.75. The van der Waals surface area contributed by atoms with Crippen LogP contribution in [-0.4, -0.2) is 25.5 Å². The van der Waals surface area contributed by atoms with Crippen LogP contribution < -0.4 is 10.9 Å². The van der Waals surface area contributed by atoms with Crippen molar-refractivity contribution < 1.29 is 4.79 Å². The molecule has 0 fully saturated rings. The van der Waals surface area contributed by atoms with Crippen LogP contribution in [0.4, 0.5) is 11.4 Å². The molecule has 0 saturated heterocycles. The van der Waals surface area contributed by atoms with E-state index < -0.39 is 0 Å². The predicted octanol–water partition coefficient (Wildman–Crippen LogP) is 3.82. The van der Waals surface area contributed by atoms with Gasteiger partial charge in [-0.1, -0.05) is 6.07 Å². The van der Waals surface area contributed by atoms with E-state index in [0.717, 1.165) is 10.9 Å². The topological polar surface area (TPSA) is 89.8 Å². The van der Waals surface area contributed by atoms with E-state index in [0.29, 0.717) is 23.5 Å². The molecular formula is C22H19N5O2. The molecule has 4 rings (SSSR count). The summed E-state index contributed by atoms with van der Waals surface area (Å²) in [5.74, 6) is -0.252. The van der Waals surface area contributed by atoms with Crippen LogP contribution in [0.15, 0.2) is 65.8 Å². The van der Waals surface area contributed by atoms with Gasteiger partial charge in [0.1, 0.15) is 11.4 Å². The fourth-order valence-electron chi connectivity index (χ4n) is 3.30. The van der Waals surface area contributed by atoms with Crippen molar-refractivity contribution in [3.63, 3.8) is 0 Å². The summed E-state index contributed by atoms with van der Waals surface area (Å²) in [6.45, 7) is 3.64. The van der Waals surface area contributed by atoms with Crippen LogP contribution in [0.2, 0.25) is 0 Å². The summed E-state index contributed by atoms with van der Waals surface area (Å²) < 4.78 is 1.35. The summed E-state index contributed by atoms with van der Waals surface area (Å²) in [7, 11) is 0. The highest BCUT2D eigenvalue weighted by Crippen LogP contribution is 2.29. The van der Waals surface area contributed by atoms with Gasteiger partial charge in [-0.3, -0.25) is 19.6 Å². The van der Waals surface area contributed by atoms with Crippen molar-refractivity contribution in [2.45, 2.75) is 20.4 Å². The van der Waals surface area contributed by atoms with Crippen LogP contribution in [-0.2, 0) is 6.54 Å².